The van der Waals surface area contributed by atoms with E-state index in [2.05, 4.69) is 9.97 Å². The van der Waals surface area contributed by atoms with Crippen LogP contribution in [0.25, 0.3) is 0 Å². The van der Waals surface area contributed by atoms with Crippen LogP contribution in [0.4, 0.5) is 5.95 Å². The topological polar surface area (TPSA) is 73.8 Å². The first kappa shape index (κ1) is 10.1. The van der Waals surface area contributed by atoms with Crippen LogP contribution in [0.5, 0.6) is 0 Å². The molecule has 0 fully saturated rings. The van der Waals surface area contributed by atoms with Gasteiger partial charge in [-0.15, -0.1) is 11.3 Å². The highest BCUT2D eigenvalue weighted by atomic mass is 35.5. The van der Waals surface area contributed by atoms with Crippen molar-refractivity contribution < 1.29 is 4.92 Å². The van der Waals surface area contributed by atoms with E-state index in [4.69, 9.17) is 11.6 Å². The third-order valence-corrected chi connectivity index (χ3v) is 2.81. The zero-order valence-electron chi connectivity index (χ0n) is 7.33. The van der Waals surface area contributed by atoms with Crippen LogP contribution < -0.4 is 0 Å². The van der Waals surface area contributed by atoms with Gasteiger partial charge in [-0.2, -0.15) is 0 Å². The highest BCUT2D eigenvalue weighted by molar-refractivity contribution is 7.15. The molecule has 0 atom stereocenters. The van der Waals surface area contributed by atoms with Gasteiger partial charge in [-0.25, -0.2) is 9.55 Å². The van der Waals surface area contributed by atoms with Gasteiger partial charge in [0.1, 0.15) is 18.9 Å². The maximum Gasteiger partial charge on any atom is 0.434 e. The monoisotopic (exact) mass is 244 g/mol. The van der Waals surface area contributed by atoms with Crippen LogP contribution >= 0.6 is 22.9 Å². The van der Waals surface area contributed by atoms with Crippen molar-refractivity contribution in [3.8, 4) is 0 Å². The number of hydrogen-bond donors (Lipinski definition) is 0. The van der Waals surface area contributed by atoms with Crippen LogP contribution in [0.3, 0.4) is 0 Å². The lowest BCUT2D eigenvalue weighted by molar-refractivity contribution is -0.396. The molecule has 0 N–H and O–H groups in total. The Kier molecular flexibility index (Phi) is 2.65. The van der Waals surface area contributed by atoms with Gasteiger partial charge in [0.2, 0.25) is 0 Å². The molecule has 0 aliphatic heterocycles. The molecule has 15 heavy (non-hydrogen) atoms. The summed E-state index contributed by atoms with van der Waals surface area (Å²) in [5.41, 5.74) is 0. The van der Waals surface area contributed by atoms with E-state index in [0.717, 1.165) is 4.88 Å². The lowest BCUT2D eigenvalue weighted by Gasteiger charge is -1.97. The number of hydrogen-bond acceptors (Lipinski definition) is 5. The second kappa shape index (κ2) is 3.95. The van der Waals surface area contributed by atoms with Gasteiger partial charge in [0.05, 0.1) is 4.88 Å². The van der Waals surface area contributed by atoms with Gasteiger partial charge in [-0.3, -0.25) is 0 Å². The molecule has 8 heteroatoms. The second-order valence-electron chi connectivity index (χ2n) is 2.69. The Labute approximate surface area is 93.3 Å². The average Bonchev–Trinajstić information content (AvgIpc) is 2.75. The van der Waals surface area contributed by atoms with Gasteiger partial charge >= 0.3 is 5.95 Å². The molecule has 0 bridgehead atoms. The highest BCUT2D eigenvalue weighted by Crippen LogP contribution is 2.20. The van der Waals surface area contributed by atoms with Gasteiger partial charge in [0.25, 0.3) is 0 Å². The molecule has 6 nitrogen and oxygen atoms in total. The predicted octanol–water partition coefficient (Wildman–Crippen LogP) is 1.95. The molecule has 0 aromatic carbocycles. The van der Waals surface area contributed by atoms with E-state index in [-0.39, 0.29) is 5.95 Å². The Morgan fingerprint density at radius 1 is 1.60 bits per heavy atom. The first-order valence-electron chi connectivity index (χ1n) is 3.92. The van der Waals surface area contributed by atoms with E-state index in [1.807, 2.05) is 0 Å². The van der Waals surface area contributed by atoms with Crippen molar-refractivity contribution >= 4 is 28.9 Å². The second-order valence-corrected chi connectivity index (χ2v) is 4.39. The minimum atomic E-state index is -0.525. The van der Waals surface area contributed by atoms with E-state index >= 15 is 0 Å². The van der Waals surface area contributed by atoms with Gasteiger partial charge in [0, 0.05) is 6.20 Å². The number of aromatic nitrogens is 3. The third kappa shape index (κ3) is 2.13. The van der Waals surface area contributed by atoms with Crippen molar-refractivity contribution in [3.05, 3.63) is 38.0 Å². The fraction of sp³-hybridized carbons (Fsp3) is 0.143. The Bertz CT molecular complexity index is 495. The van der Waals surface area contributed by atoms with E-state index in [1.54, 1.807) is 12.4 Å². The predicted molar refractivity (Wildman–Crippen MR) is 55.1 cm³/mol. The summed E-state index contributed by atoms with van der Waals surface area (Å²) >= 11 is 6.94. The standard InChI is InChI=1S/C7H5ClN4O2S/c8-6-10-3-5(15-6)4-11-2-1-9-7(11)12(13)14/h1-3H,4H2. The van der Waals surface area contributed by atoms with Gasteiger partial charge in [0.15, 0.2) is 4.47 Å². The van der Waals surface area contributed by atoms with E-state index in [0.29, 0.717) is 11.0 Å². The summed E-state index contributed by atoms with van der Waals surface area (Å²) in [5.74, 6) is -0.181. The summed E-state index contributed by atoms with van der Waals surface area (Å²) in [6.07, 6.45) is 4.53. The Hall–Kier alpha value is -1.47. The lowest BCUT2D eigenvalue weighted by Crippen LogP contribution is -2.02. The van der Waals surface area contributed by atoms with Crippen molar-refractivity contribution in [2.24, 2.45) is 0 Å². The van der Waals surface area contributed by atoms with Crippen molar-refractivity contribution in [1.82, 2.24) is 14.5 Å². The third-order valence-electron chi connectivity index (χ3n) is 1.71. The number of thiazole rings is 1. The average molecular weight is 245 g/mol. The smallest absolute Gasteiger partial charge is 0.390 e. The molecular formula is C7H5ClN4O2S. The fourth-order valence-corrected chi connectivity index (χ4v) is 2.10. The lowest BCUT2D eigenvalue weighted by atomic mass is 10.5. The number of halogens is 1. The molecule has 0 spiro atoms. The Morgan fingerprint density at radius 2 is 2.40 bits per heavy atom. The van der Waals surface area contributed by atoms with Crippen LogP contribution in [0.2, 0.25) is 4.47 Å². The molecule has 0 aliphatic carbocycles. The van der Waals surface area contributed by atoms with Crippen molar-refractivity contribution in [2.45, 2.75) is 6.54 Å². The number of nitro groups is 1. The number of nitrogens with zero attached hydrogens (tertiary/aromatic N) is 4. The van der Waals surface area contributed by atoms with E-state index in [9.17, 15) is 10.1 Å². The van der Waals surface area contributed by atoms with Crippen LogP contribution in [0, 0.1) is 10.1 Å². The van der Waals surface area contributed by atoms with Gasteiger partial charge in [-0.1, -0.05) is 16.6 Å². The zero-order chi connectivity index (χ0) is 10.8. The molecule has 0 aliphatic rings. The van der Waals surface area contributed by atoms with Crippen LogP contribution in [-0.2, 0) is 6.54 Å². The largest absolute Gasteiger partial charge is 0.434 e. The van der Waals surface area contributed by atoms with Crippen LogP contribution in [-0.4, -0.2) is 19.5 Å². The first-order valence-corrected chi connectivity index (χ1v) is 5.12. The normalized spacial score (nSPS) is 10.5. The molecule has 2 aromatic heterocycles. The number of imidazole rings is 1. The summed E-state index contributed by atoms with van der Waals surface area (Å²) in [4.78, 5) is 18.4. The van der Waals surface area contributed by atoms with Gasteiger partial charge in [-0.05, 0) is 4.92 Å². The molecule has 2 heterocycles. The summed E-state index contributed by atoms with van der Waals surface area (Å²) in [6, 6.07) is 0. The summed E-state index contributed by atoms with van der Waals surface area (Å²) in [6.45, 7) is 0.362. The van der Waals surface area contributed by atoms with Crippen molar-refractivity contribution in [2.75, 3.05) is 0 Å². The van der Waals surface area contributed by atoms with E-state index in [1.165, 1.54) is 22.1 Å². The fourth-order valence-electron chi connectivity index (χ4n) is 1.12. The summed E-state index contributed by atoms with van der Waals surface area (Å²) in [7, 11) is 0. The molecule has 2 rings (SSSR count). The minimum absolute atomic E-state index is 0.181. The van der Waals surface area contributed by atoms with Crippen LogP contribution in [0.1, 0.15) is 4.88 Å². The molecule has 78 valence electrons. The molecule has 2 aromatic rings. The highest BCUT2D eigenvalue weighted by Gasteiger charge is 2.14. The molecule has 0 amide bonds. The van der Waals surface area contributed by atoms with E-state index < -0.39 is 4.92 Å². The van der Waals surface area contributed by atoms with Crippen molar-refractivity contribution in [1.29, 1.82) is 0 Å². The van der Waals surface area contributed by atoms with Gasteiger partial charge < -0.3 is 10.1 Å². The first-order chi connectivity index (χ1) is 7.16. The number of rotatable bonds is 3. The SMILES string of the molecule is O=[N+]([O-])c1nccn1Cc1cnc(Cl)s1. The molecular weight excluding hydrogens is 240 g/mol. The minimum Gasteiger partial charge on any atom is -0.390 e. The summed E-state index contributed by atoms with van der Waals surface area (Å²) < 4.78 is 1.86. The van der Waals surface area contributed by atoms with Crippen molar-refractivity contribution in [3.63, 3.8) is 0 Å². The zero-order valence-corrected chi connectivity index (χ0v) is 8.90. The Balaban J connectivity index is 2.24. The quantitative estimate of drug-likeness (QED) is 0.611. The van der Waals surface area contributed by atoms with Crippen LogP contribution in [0.15, 0.2) is 18.6 Å². The maximum atomic E-state index is 10.6. The molecule has 0 saturated carbocycles. The molecule has 0 saturated heterocycles. The maximum absolute atomic E-state index is 10.6. The summed E-state index contributed by atoms with van der Waals surface area (Å²) in [5, 5.41) is 10.6. The molecule has 0 unspecified atom stereocenters. The Morgan fingerprint density at radius 3 is 3.00 bits per heavy atom. The molecule has 0 radical (unpaired) electrons.